The fourth-order valence-electron chi connectivity index (χ4n) is 6.11. The van der Waals surface area contributed by atoms with Gasteiger partial charge in [-0.1, -0.05) is 0 Å². The van der Waals surface area contributed by atoms with Gasteiger partial charge in [-0.3, -0.25) is 28.8 Å². The van der Waals surface area contributed by atoms with Gasteiger partial charge in [0.1, 0.15) is 48.1 Å². The van der Waals surface area contributed by atoms with Crippen molar-refractivity contribution in [1.29, 1.82) is 0 Å². The first-order valence-electron chi connectivity index (χ1n) is 16.7. The van der Waals surface area contributed by atoms with Gasteiger partial charge in [0.2, 0.25) is 37.8 Å². The fourth-order valence-corrected chi connectivity index (χ4v) is 6.11. The maximum absolute atomic E-state index is 11.7. The number of allylic oxidation sites excluding steroid dienone is 2. The number of methoxy groups -OCH3 is 1. The first-order valence-corrected chi connectivity index (χ1v) is 16.7. The third-order valence-corrected chi connectivity index (χ3v) is 8.79. The maximum Gasteiger partial charge on any atom is 0.238 e. The van der Waals surface area contributed by atoms with E-state index in [0.29, 0.717) is 19.2 Å². The van der Waals surface area contributed by atoms with Gasteiger partial charge in [-0.15, -0.1) is 0 Å². The molecule has 23 heteroatoms. The van der Waals surface area contributed by atoms with Gasteiger partial charge in [-0.2, -0.15) is 5.10 Å². The fraction of sp³-hybridized carbons (Fsp3) is 0.710. The minimum absolute atomic E-state index is 0.192. The lowest BCUT2D eigenvalue weighted by Crippen LogP contribution is -2.69. The lowest BCUT2D eigenvalue weighted by atomic mass is 9.94. The molecule has 0 aliphatic carbocycles. The molecule has 304 valence electrons. The zero-order valence-electron chi connectivity index (χ0n) is 30.2. The van der Waals surface area contributed by atoms with Crippen LogP contribution >= 0.6 is 0 Å². The number of carbonyl (C=O) groups is 6. The van der Waals surface area contributed by atoms with Crippen molar-refractivity contribution in [3.63, 3.8) is 0 Å². The number of hydrazone groups is 1. The minimum atomic E-state index is -1.79. The zero-order valence-corrected chi connectivity index (χ0v) is 30.2. The Labute approximate surface area is 309 Å². The lowest BCUT2D eigenvalue weighted by Gasteiger charge is -2.49. The van der Waals surface area contributed by atoms with Crippen molar-refractivity contribution >= 4 is 44.0 Å². The van der Waals surface area contributed by atoms with Crippen LogP contribution in [0.25, 0.3) is 0 Å². The van der Waals surface area contributed by atoms with Crippen molar-refractivity contribution in [2.45, 2.75) is 133 Å². The highest BCUT2D eigenvalue weighted by molar-refractivity contribution is 5.77. The number of nitrogens with one attached hydrogen (secondary N) is 5. The largest absolute Gasteiger partial charge is 0.462 e. The van der Waals surface area contributed by atoms with E-state index in [1.54, 1.807) is 6.92 Å². The molecule has 3 heterocycles. The summed E-state index contributed by atoms with van der Waals surface area (Å²) in [5, 5.41) is 47.6. The van der Waals surface area contributed by atoms with E-state index < -0.39 is 104 Å². The van der Waals surface area contributed by atoms with Gasteiger partial charge in [0.25, 0.3) is 0 Å². The van der Waals surface area contributed by atoms with Crippen LogP contribution in [0, 0.1) is 0 Å². The smallest absolute Gasteiger partial charge is 0.238 e. The zero-order chi connectivity index (χ0) is 40.1. The van der Waals surface area contributed by atoms with E-state index in [2.05, 4.69) is 31.8 Å². The molecule has 8 N–H and O–H groups in total. The molecule has 0 spiro atoms. The van der Waals surface area contributed by atoms with Gasteiger partial charge in [0, 0.05) is 14.0 Å². The van der Waals surface area contributed by atoms with Gasteiger partial charge in [-0.05, 0) is 27.7 Å². The molecular formula is C31H48N6O17. The summed E-state index contributed by atoms with van der Waals surface area (Å²) in [4.78, 5) is 68.5. The van der Waals surface area contributed by atoms with Crippen LogP contribution in [0.3, 0.4) is 0 Å². The Morgan fingerprint density at radius 3 is 1.76 bits per heavy atom. The number of nitrogens with zero attached hydrogens (tertiary/aromatic N) is 1. The van der Waals surface area contributed by atoms with E-state index in [-0.39, 0.29) is 24.2 Å². The van der Waals surface area contributed by atoms with Crippen molar-refractivity contribution < 1.29 is 82.0 Å². The highest BCUT2D eigenvalue weighted by Crippen LogP contribution is 2.33. The monoisotopic (exact) mass is 776 g/mol. The van der Waals surface area contributed by atoms with Crippen LogP contribution in [-0.4, -0.2) is 165 Å². The van der Waals surface area contributed by atoms with Gasteiger partial charge >= 0.3 is 0 Å². The quantitative estimate of drug-likeness (QED) is 0.0143. The number of hydrogen-bond donors (Lipinski definition) is 8. The minimum Gasteiger partial charge on any atom is -0.462 e. The summed E-state index contributed by atoms with van der Waals surface area (Å²) in [6.45, 7) is 7.06. The Hall–Kier alpha value is -4.17. The average Bonchev–Trinajstić information content (AvgIpc) is 3.12. The number of aldehydes is 1. The number of aliphatic hydroxyl groups excluding tert-OH is 3. The normalized spacial score (nSPS) is 37.8. The molecular weight excluding hydrogens is 728 g/mol. The lowest BCUT2D eigenvalue weighted by molar-refractivity contribution is -0.365. The van der Waals surface area contributed by atoms with Crippen LogP contribution in [0.15, 0.2) is 16.6 Å². The number of carbonyl (C=O) groups excluding carboxylic acids is 6. The summed E-state index contributed by atoms with van der Waals surface area (Å²) < 4.78 is 47.0. The van der Waals surface area contributed by atoms with Crippen molar-refractivity contribution in [3.05, 3.63) is 11.5 Å². The van der Waals surface area contributed by atoms with E-state index >= 15 is 0 Å². The Morgan fingerprint density at radius 1 is 0.704 bits per heavy atom. The first kappa shape index (κ1) is 44.2. The molecule has 16 atom stereocenters. The molecule has 54 heavy (non-hydrogen) atoms. The molecule has 0 aromatic carbocycles. The first-order chi connectivity index (χ1) is 25.8. The predicted octanol–water partition coefficient (Wildman–Crippen LogP) is -4.91. The van der Waals surface area contributed by atoms with Crippen molar-refractivity contribution in [3.8, 4) is 0 Å². The molecule has 0 saturated carbocycles. The van der Waals surface area contributed by atoms with Crippen LogP contribution in [-0.2, 0) is 66.7 Å². The number of rotatable bonds is 20. The summed E-state index contributed by atoms with van der Waals surface area (Å²) in [6, 6.07) is -3.18. The molecule has 3 saturated heterocycles. The molecule has 0 bridgehead atoms. The molecule has 23 nitrogen and oxygen atoms in total. The topological polar surface area (TPSA) is 309 Å². The van der Waals surface area contributed by atoms with Crippen LogP contribution in [0.1, 0.15) is 34.6 Å². The van der Waals surface area contributed by atoms with Crippen LogP contribution in [0.5, 0.6) is 0 Å². The molecule has 0 radical (unpaired) electrons. The molecule has 0 aromatic heterocycles. The van der Waals surface area contributed by atoms with E-state index in [0.717, 1.165) is 13.1 Å². The standard InChI is InChI=1S/C31H48N6O17/c1-13(18(8-38)32-9-39)48-19(7-36-37-17(5)43)52-28-24(45)21(34-11-41)15(3)51-31(28)53-26-22(35-12-42)16(4)49-29(25(26)46)54-27-23(44)20(33-10-40)14(2)50-30(27)47-6/h7-12,14-16,19-31,44-46H,1-6H3,(H,32,39)(H,33,40)(H,34,41)(H,35,42)(H,37,43)/b18-13-,36-7+/t14?,15?,16?,19-,20-,21-,22-,23?,24?,25?,26+,27?,28?,29-,30+,31-/m1/s1. The van der Waals surface area contributed by atoms with Crippen LogP contribution in [0.2, 0.25) is 0 Å². The van der Waals surface area contributed by atoms with E-state index in [1.165, 1.54) is 27.9 Å². The average molecular weight is 777 g/mol. The molecule has 8 unspecified atom stereocenters. The molecule has 5 amide bonds. The number of hydrogen-bond acceptors (Lipinski definition) is 18. The highest BCUT2D eigenvalue weighted by Gasteiger charge is 2.54. The Morgan fingerprint density at radius 2 is 1.22 bits per heavy atom. The third kappa shape index (κ3) is 11.0. The highest BCUT2D eigenvalue weighted by atomic mass is 16.8. The van der Waals surface area contributed by atoms with E-state index in [1.807, 2.05) is 0 Å². The van der Waals surface area contributed by atoms with Crippen molar-refractivity contribution in [2.75, 3.05) is 7.11 Å². The summed E-state index contributed by atoms with van der Waals surface area (Å²) in [7, 11) is 1.29. The second-order valence-corrected chi connectivity index (χ2v) is 12.4. The van der Waals surface area contributed by atoms with Gasteiger partial charge in [0.05, 0.1) is 42.7 Å². The molecule has 3 fully saturated rings. The van der Waals surface area contributed by atoms with E-state index in [9.17, 15) is 44.1 Å². The Balaban J connectivity index is 2.01. The Kier molecular flexibility index (Phi) is 17.2. The van der Waals surface area contributed by atoms with E-state index in [4.69, 9.17) is 37.9 Å². The van der Waals surface area contributed by atoms with Gasteiger partial charge in [-0.25, -0.2) is 5.43 Å². The second kappa shape index (κ2) is 21.1. The SMILES string of the molecule is CO[C@H]1OC(C)[C@@H](NC=O)C(O)C1O[C@H]1OC(C)[C@@H](NC=O)[C@H](O[C@H]2OC(C)[C@@H](NC=O)C(O)C2O[C@H](/C=N/NC(C)=O)O/C(C)=C(/C=O)NC=O)C1O. The molecule has 0 aromatic rings. The third-order valence-electron chi connectivity index (χ3n) is 8.79. The number of amides is 5. The van der Waals surface area contributed by atoms with Gasteiger partial charge in [0.15, 0.2) is 25.2 Å². The number of aliphatic hydroxyl groups is 3. The summed E-state index contributed by atoms with van der Waals surface area (Å²) >= 11 is 0. The maximum atomic E-state index is 11.7. The predicted molar refractivity (Wildman–Crippen MR) is 177 cm³/mol. The number of ether oxygens (including phenoxy) is 8. The second-order valence-electron chi connectivity index (χ2n) is 12.4. The molecule has 3 rings (SSSR count). The van der Waals surface area contributed by atoms with Crippen LogP contribution in [0.4, 0.5) is 0 Å². The van der Waals surface area contributed by atoms with Crippen molar-refractivity contribution in [2.24, 2.45) is 5.10 Å². The van der Waals surface area contributed by atoms with Gasteiger partial charge < -0.3 is 74.5 Å². The van der Waals surface area contributed by atoms with Crippen LogP contribution < -0.4 is 26.7 Å². The summed E-state index contributed by atoms with van der Waals surface area (Å²) in [5.74, 6) is -0.773. The summed E-state index contributed by atoms with van der Waals surface area (Å²) in [6.07, 6.45) is -15.6. The molecule has 3 aliphatic rings. The molecule has 3 aliphatic heterocycles. The summed E-state index contributed by atoms with van der Waals surface area (Å²) in [5.41, 5.74) is 1.83. The Bertz CT molecular complexity index is 1340. The van der Waals surface area contributed by atoms with Crippen molar-refractivity contribution in [1.82, 2.24) is 26.7 Å².